The molecule has 1 radical (unpaired) electrons. The molecule has 9 rings (SSSR count). The molecule has 0 aliphatic heterocycles. The number of hydrogen-bond acceptors (Lipinski definition) is 2. The Labute approximate surface area is 334 Å². The molecular formula is C51H46IrN2-2. The van der Waals surface area contributed by atoms with E-state index in [9.17, 15) is 0 Å². The topological polar surface area (TPSA) is 25.8 Å². The summed E-state index contributed by atoms with van der Waals surface area (Å²) >= 11 is 0. The van der Waals surface area contributed by atoms with Gasteiger partial charge in [-0.1, -0.05) is 151 Å². The van der Waals surface area contributed by atoms with Crippen molar-refractivity contribution in [2.24, 2.45) is 0 Å². The van der Waals surface area contributed by atoms with Crippen LogP contribution in [0.25, 0.3) is 66.0 Å². The molecule has 0 saturated carbocycles. The van der Waals surface area contributed by atoms with E-state index in [4.69, 9.17) is 4.98 Å². The summed E-state index contributed by atoms with van der Waals surface area (Å²) < 4.78 is 0. The molecule has 0 saturated heterocycles. The van der Waals surface area contributed by atoms with Gasteiger partial charge in [0.25, 0.3) is 0 Å². The quantitative estimate of drug-likeness (QED) is 0.128. The minimum absolute atomic E-state index is 0. The minimum atomic E-state index is -0.156. The maximum absolute atomic E-state index is 4.93. The van der Waals surface area contributed by atoms with E-state index in [2.05, 4.69) is 194 Å². The molecule has 2 nitrogen and oxygen atoms in total. The summed E-state index contributed by atoms with van der Waals surface area (Å²) in [5.74, 6) is 0. The molecule has 0 amide bonds. The monoisotopic (exact) mass is 879 g/mol. The molecule has 0 N–H and O–H groups in total. The van der Waals surface area contributed by atoms with Gasteiger partial charge in [-0.15, -0.1) is 59.2 Å². The van der Waals surface area contributed by atoms with Crippen LogP contribution in [0.3, 0.4) is 0 Å². The smallest absolute Gasteiger partial charge is 0.0198 e. The van der Waals surface area contributed by atoms with Gasteiger partial charge in [0.15, 0.2) is 0 Å². The van der Waals surface area contributed by atoms with Gasteiger partial charge in [0.05, 0.1) is 0 Å². The van der Waals surface area contributed by atoms with Gasteiger partial charge in [-0.2, -0.15) is 0 Å². The molecule has 54 heavy (non-hydrogen) atoms. The van der Waals surface area contributed by atoms with Crippen molar-refractivity contribution < 1.29 is 20.1 Å². The zero-order chi connectivity index (χ0) is 37.1. The number of aromatic nitrogens is 2. The predicted octanol–water partition coefficient (Wildman–Crippen LogP) is 13.5. The van der Waals surface area contributed by atoms with Crippen LogP contribution in [0.5, 0.6) is 0 Å². The molecule has 0 bridgehead atoms. The van der Waals surface area contributed by atoms with Crippen LogP contribution < -0.4 is 0 Å². The molecule has 3 heteroatoms. The first kappa shape index (κ1) is 37.4. The molecule has 0 unspecified atom stereocenters. The molecule has 271 valence electrons. The van der Waals surface area contributed by atoms with Gasteiger partial charge in [0, 0.05) is 37.9 Å². The van der Waals surface area contributed by atoms with Crippen molar-refractivity contribution in [3.05, 3.63) is 168 Å². The largest absolute Gasteiger partial charge is 0.304 e. The zero-order valence-electron chi connectivity index (χ0n) is 32.4. The maximum atomic E-state index is 4.93. The van der Waals surface area contributed by atoms with Crippen molar-refractivity contribution in [3.8, 4) is 33.6 Å². The van der Waals surface area contributed by atoms with Crippen molar-refractivity contribution in [2.45, 2.75) is 71.6 Å². The number of benzene rings is 6. The van der Waals surface area contributed by atoms with Crippen LogP contribution in [0.1, 0.15) is 77.6 Å². The predicted molar refractivity (Wildman–Crippen MR) is 224 cm³/mol. The summed E-state index contributed by atoms with van der Waals surface area (Å²) in [6.45, 7) is 17.9. The van der Waals surface area contributed by atoms with Crippen LogP contribution in [-0.2, 0) is 36.4 Å². The van der Waals surface area contributed by atoms with Crippen LogP contribution in [-0.4, -0.2) is 9.97 Å². The Morgan fingerprint density at radius 3 is 1.80 bits per heavy atom. The van der Waals surface area contributed by atoms with Crippen molar-refractivity contribution in [2.75, 3.05) is 0 Å². The van der Waals surface area contributed by atoms with Gasteiger partial charge in [-0.05, 0) is 77.6 Å². The fourth-order valence-electron chi connectivity index (χ4n) is 7.94. The van der Waals surface area contributed by atoms with E-state index in [1.165, 1.54) is 65.7 Å². The summed E-state index contributed by atoms with van der Waals surface area (Å²) in [6.07, 6.45) is 3.93. The third kappa shape index (κ3) is 6.70. The Morgan fingerprint density at radius 1 is 0.519 bits per heavy atom. The molecule has 8 aromatic rings. The van der Waals surface area contributed by atoms with Crippen LogP contribution in [0.2, 0.25) is 0 Å². The average molecular weight is 879 g/mol. The van der Waals surface area contributed by atoms with Gasteiger partial charge in [-0.25, -0.2) is 0 Å². The summed E-state index contributed by atoms with van der Waals surface area (Å²) in [7, 11) is 0. The maximum Gasteiger partial charge on any atom is 0.0198 e. The number of rotatable bonds is 2. The Morgan fingerprint density at radius 2 is 1.13 bits per heavy atom. The molecule has 0 fully saturated rings. The second-order valence-corrected chi connectivity index (χ2v) is 17.0. The first-order valence-corrected chi connectivity index (χ1v) is 18.7. The first-order valence-electron chi connectivity index (χ1n) is 18.7. The first-order chi connectivity index (χ1) is 25.3. The Hall–Kier alpha value is -4.95. The zero-order valence-corrected chi connectivity index (χ0v) is 34.8. The van der Waals surface area contributed by atoms with Crippen molar-refractivity contribution in [1.29, 1.82) is 0 Å². The van der Waals surface area contributed by atoms with Gasteiger partial charge < -0.3 is 9.97 Å². The van der Waals surface area contributed by atoms with Gasteiger partial charge in [0.1, 0.15) is 0 Å². The fraction of sp³-hybridized carbons (Fsp3) is 0.216. The van der Waals surface area contributed by atoms with Crippen LogP contribution >= 0.6 is 0 Å². The van der Waals surface area contributed by atoms with E-state index in [1.54, 1.807) is 0 Å². The second kappa shape index (κ2) is 14.0. The van der Waals surface area contributed by atoms with E-state index >= 15 is 0 Å². The van der Waals surface area contributed by atoms with E-state index in [-0.39, 0.29) is 36.4 Å². The summed E-state index contributed by atoms with van der Waals surface area (Å²) in [6, 6.07) is 50.3. The molecule has 1 aliphatic carbocycles. The van der Waals surface area contributed by atoms with E-state index in [0.29, 0.717) is 0 Å². The molecule has 1 aliphatic rings. The Balaban J connectivity index is 0.000000186. The Kier molecular flexibility index (Phi) is 9.71. The van der Waals surface area contributed by atoms with Crippen LogP contribution in [0, 0.1) is 12.1 Å². The SMILES string of the molecule is CC(C)(C)c1c[c-]c(-c2ccc(C(C)(C)C)cn2)cc1.CC1(C)c2c(ccnc2-c2[c-]cc3ccc4ccccc4c3c2)-c2ccc3ccccc3c21.[Ir]. The van der Waals surface area contributed by atoms with Gasteiger partial charge >= 0.3 is 0 Å². The van der Waals surface area contributed by atoms with Gasteiger partial charge in [0.2, 0.25) is 0 Å². The minimum Gasteiger partial charge on any atom is -0.304 e. The fourth-order valence-corrected chi connectivity index (χ4v) is 7.94. The van der Waals surface area contributed by atoms with E-state index < -0.39 is 0 Å². The molecule has 6 aromatic carbocycles. The molecule has 0 atom stereocenters. The van der Waals surface area contributed by atoms with Crippen LogP contribution in [0.15, 0.2) is 134 Å². The summed E-state index contributed by atoms with van der Waals surface area (Å²) in [5.41, 5.74) is 12.1. The number of nitrogens with zero attached hydrogens (tertiary/aromatic N) is 2. The van der Waals surface area contributed by atoms with Crippen LogP contribution in [0.4, 0.5) is 0 Å². The third-order valence-corrected chi connectivity index (χ3v) is 10.9. The average Bonchev–Trinajstić information content (AvgIpc) is 3.40. The number of fused-ring (bicyclic) bond motifs is 8. The summed E-state index contributed by atoms with van der Waals surface area (Å²) in [5, 5.41) is 7.60. The van der Waals surface area contributed by atoms with Crippen molar-refractivity contribution in [1.82, 2.24) is 9.97 Å². The second-order valence-electron chi connectivity index (χ2n) is 17.0. The number of pyridine rings is 2. The molecular weight excluding hydrogens is 833 g/mol. The van der Waals surface area contributed by atoms with E-state index in [0.717, 1.165) is 22.5 Å². The van der Waals surface area contributed by atoms with Crippen molar-refractivity contribution in [3.63, 3.8) is 0 Å². The van der Waals surface area contributed by atoms with E-state index in [1.807, 2.05) is 12.4 Å². The molecule has 2 aromatic heterocycles. The third-order valence-electron chi connectivity index (χ3n) is 10.9. The normalized spacial score (nSPS) is 13.2. The van der Waals surface area contributed by atoms with Crippen molar-refractivity contribution >= 4 is 32.3 Å². The summed E-state index contributed by atoms with van der Waals surface area (Å²) in [4.78, 5) is 9.51. The number of hydrogen-bond donors (Lipinski definition) is 0. The standard InChI is InChI=1S/C32H22N.C19H24N.Ir/c1-32(2)29-25-10-6-4-8-21(25)15-16-26(29)27-17-18-33-31(30(27)32)23-14-13-22-12-11-20-7-3-5-9-24(20)28(22)19-23;1-18(2,3)15-9-7-14(8-10-15)17-12-11-16(13-20-17)19(4,5)6;/h3-13,15-19H,1-2H3;7,9-13H,1-6H3;/q2*-1;. The van der Waals surface area contributed by atoms with Gasteiger partial charge in [-0.3, -0.25) is 0 Å². The molecule has 2 heterocycles. The Bertz CT molecular complexity index is 2580. The molecule has 0 spiro atoms.